The van der Waals surface area contributed by atoms with E-state index in [1.54, 1.807) is 0 Å². The second-order valence-electron chi connectivity index (χ2n) is 5.33. The number of rotatable bonds is 7. The van der Waals surface area contributed by atoms with E-state index in [-0.39, 0.29) is 30.1 Å². The van der Waals surface area contributed by atoms with Crippen LogP contribution in [0.3, 0.4) is 0 Å². The lowest BCUT2D eigenvalue weighted by Crippen LogP contribution is -2.38. The van der Waals surface area contributed by atoms with Crippen LogP contribution in [-0.4, -0.2) is 18.1 Å². The van der Waals surface area contributed by atoms with Crippen molar-refractivity contribution in [2.75, 3.05) is 0 Å². The summed E-state index contributed by atoms with van der Waals surface area (Å²) in [6.45, 7) is 9.50. The van der Waals surface area contributed by atoms with Crippen molar-refractivity contribution < 1.29 is 4.74 Å². The molecule has 0 aliphatic heterocycles. The quantitative estimate of drug-likeness (QED) is 0.415. The van der Waals surface area contributed by atoms with Crippen LogP contribution in [0.2, 0.25) is 0 Å². The van der Waals surface area contributed by atoms with E-state index in [0.29, 0.717) is 25.2 Å². The molecule has 0 heterocycles. The highest BCUT2D eigenvalue weighted by molar-refractivity contribution is 14.0. The van der Waals surface area contributed by atoms with Crippen LogP contribution in [-0.2, 0) is 17.9 Å². The molecule has 21 heavy (non-hydrogen) atoms. The number of nitrogens with one attached hydrogen (secondary N) is 1. The van der Waals surface area contributed by atoms with E-state index >= 15 is 0 Å². The fourth-order valence-corrected chi connectivity index (χ4v) is 1.66. The predicted octanol–water partition coefficient (Wildman–Crippen LogP) is 3.43. The molecule has 5 heteroatoms. The highest BCUT2D eigenvalue weighted by Gasteiger charge is 2.01. The van der Waals surface area contributed by atoms with E-state index in [1.807, 2.05) is 19.9 Å². The summed E-state index contributed by atoms with van der Waals surface area (Å²) in [6, 6.07) is 8.62. The molecule has 1 aromatic rings. The Bertz CT molecular complexity index is 435. The van der Waals surface area contributed by atoms with E-state index in [2.05, 4.69) is 42.4 Å². The van der Waals surface area contributed by atoms with E-state index in [1.165, 1.54) is 5.56 Å². The van der Waals surface area contributed by atoms with Crippen LogP contribution in [0.4, 0.5) is 0 Å². The number of aliphatic imine (C=N–C) groups is 1. The van der Waals surface area contributed by atoms with Gasteiger partial charge in [0.1, 0.15) is 0 Å². The fourth-order valence-electron chi connectivity index (χ4n) is 1.66. The fraction of sp³-hybridized carbons (Fsp3) is 0.562. The van der Waals surface area contributed by atoms with Gasteiger partial charge in [-0.3, -0.25) is 0 Å². The van der Waals surface area contributed by atoms with Gasteiger partial charge in [0.25, 0.3) is 0 Å². The molecule has 0 amide bonds. The van der Waals surface area contributed by atoms with E-state index < -0.39 is 0 Å². The molecule has 0 fully saturated rings. The Hall–Kier alpha value is -0.820. The molecule has 0 saturated carbocycles. The number of ether oxygens (including phenoxy) is 1. The van der Waals surface area contributed by atoms with Gasteiger partial charge in [0.15, 0.2) is 5.96 Å². The Balaban J connectivity index is 0.00000400. The smallest absolute Gasteiger partial charge is 0.189 e. The van der Waals surface area contributed by atoms with Gasteiger partial charge in [0, 0.05) is 6.04 Å². The van der Waals surface area contributed by atoms with Crippen molar-refractivity contribution in [2.45, 2.75) is 59.4 Å². The topological polar surface area (TPSA) is 59.6 Å². The minimum Gasteiger partial charge on any atom is -0.374 e. The van der Waals surface area contributed by atoms with Crippen molar-refractivity contribution in [3.63, 3.8) is 0 Å². The molecule has 1 rings (SSSR count). The average molecular weight is 405 g/mol. The Labute approximate surface area is 145 Å². The third-order valence-corrected chi connectivity index (χ3v) is 3.01. The molecule has 1 unspecified atom stereocenters. The minimum absolute atomic E-state index is 0. The second-order valence-corrected chi connectivity index (χ2v) is 5.33. The zero-order valence-corrected chi connectivity index (χ0v) is 15.8. The molecule has 120 valence electrons. The number of halogens is 1. The van der Waals surface area contributed by atoms with Crippen LogP contribution in [0.25, 0.3) is 0 Å². The van der Waals surface area contributed by atoms with Gasteiger partial charge < -0.3 is 15.8 Å². The lowest BCUT2D eigenvalue weighted by molar-refractivity contribution is 0.0657. The molecule has 0 aliphatic carbocycles. The van der Waals surface area contributed by atoms with Gasteiger partial charge in [-0.15, -0.1) is 24.0 Å². The lowest BCUT2D eigenvalue weighted by atomic mass is 10.1. The summed E-state index contributed by atoms with van der Waals surface area (Å²) in [5, 5.41) is 3.16. The number of hydrogen-bond donors (Lipinski definition) is 2. The molecule has 0 bridgehead atoms. The third kappa shape index (κ3) is 8.93. The van der Waals surface area contributed by atoms with Crippen LogP contribution in [0.1, 0.15) is 45.2 Å². The number of nitrogens with two attached hydrogens (primary N) is 1. The molecule has 0 saturated heterocycles. The summed E-state index contributed by atoms with van der Waals surface area (Å²) in [4.78, 5) is 4.36. The summed E-state index contributed by atoms with van der Waals surface area (Å²) in [5.41, 5.74) is 8.16. The number of benzene rings is 1. The van der Waals surface area contributed by atoms with Gasteiger partial charge >= 0.3 is 0 Å². The summed E-state index contributed by atoms with van der Waals surface area (Å²) >= 11 is 0. The molecule has 0 aromatic heterocycles. The zero-order valence-electron chi connectivity index (χ0n) is 13.4. The van der Waals surface area contributed by atoms with E-state index in [9.17, 15) is 0 Å². The summed E-state index contributed by atoms with van der Waals surface area (Å²) in [7, 11) is 0. The maximum atomic E-state index is 5.85. The van der Waals surface area contributed by atoms with Gasteiger partial charge in [-0.1, -0.05) is 31.2 Å². The average Bonchev–Trinajstić information content (AvgIpc) is 2.43. The van der Waals surface area contributed by atoms with Crippen molar-refractivity contribution >= 4 is 29.9 Å². The summed E-state index contributed by atoms with van der Waals surface area (Å²) in [6.07, 6.45) is 1.27. The lowest BCUT2D eigenvalue weighted by Gasteiger charge is -2.12. The van der Waals surface area contributed by atoms with Gasteiger partial charge in [0.05, 0.1) is 19.3 Å². The molecule has 3 N–H and O–H groups in total. The molecular weight excluding hydrogens is 377 g/mol. The molecule has 1 aromatic carbocycles. The largest absolute Gasteiger partial charge is 0.374 e. The number of hydrogen-bond acceptors (Lipinski definition) is 2. The van der Waals surface area contributed by atoms with Crippen LogP contribution >= 0.6 is 24.0 Å². The first-order valence-corrected chi connectivity index (χ1v) is 7.27. The molecule has 1 atom stereocenters. The van der Waals surface area contributed by atoms with Gasteiger partial charge in [-0.2, -0.15) is 0 Å². The maximum Gasteiger partial charge on any atom is 0.189 e. The predicted molar refractivity (Wildman–Crippen MR) is 100.0 cm³/mol. The van der Waals surface area contributed by atoms with Gasteiger partial charge in [-0.05, 0) is 38.3 Å². The van der Waals surface area contributed by atoms with Crippen molar-refractivity contribution in [3.8, 4) is 0 Å². The summed E-state index contributed by atoms with van der Waals surface area (Å²) in [5.74, 6) is 0.503. The molecule has 0 aliphatic rings. The Morgan fingerprint density at radius 2 is 1.95 bits per heavy atom. The Morgan fingerprint density at radius 1 is 1.29 bits per heavy atom. The maximum absolute atomic E-state index is 5.85. The highest BCUT2D eigenvalue weighted by atomic mass is 127. The van der Waals surface area contributed by atoms with Crippen molar-refractivity contribution in [1.29, 1.82) is 0 Å². The second kappa shape index (κ2) is 10.8. The zero-order chi connectivity index (χ0) is 15.0. The molecule has 4 nitrogen and oxygen atoms in total. The van der Waals surface area contributed by atoms with Crippen LogP contribution in [0, 0.1) is 0 Å². The van der Waals surface area contributed by atoms with E-state index in [0.717, 1.165) is 12.0 Å². The first-order chi connectivity index (χ1) is 9.51. The van der Waals surface area contributed by atoms with Crippen LogP contribution < -0.4 is 11.1 Å². The molecule has 0 spiro atoms. The van der Waals surface area contributed by atoms with Gasteiger partial charge in [-0.25, -0.2) is 4.99 Å². The number of guanidine groups is 1. The van der Waals surface area contributed by atoms with Crippen molar-refractivity contribution in [2.24, 2.45) is 10.7 Å². The Kier molecular flexibility index (Phi) is 10.4. The normalized spacial score (nSPS) is 12.9. The number of nitrogens with zero attached hydrogens (tertiary/aromatic N) is 1. The first-order valence-electron chi connectivity index (χ1n) is 7.27. The monoisotopic (exact) mass is 405 g/mol. The molecule has 0 radical (unpaired) electrons. The van der Waals surface area contributed by atoms with Gasteiger partial charge in [0.2, 0.25) is 0 Å². The van der Waals surface area contributed by atoms with Crippen molar-refractivity contribution in [3.05, 3.63) is 35.4 Å². The third-order valence-electron chi connectivity index (χ3n) is 3.01. The first kappa shape index (κ1) is 20.2. The SMILES string of the molecule is CCC(C)NC(N)=NCc1cccc(COC(C)C)c1.I. The van der Waals surface area contributed by atoms with Crippen LogP contribution in [0.15, 0.2) is 29.3 Å². The standard InChI is InChI=1S/C16H27N3O.HI/c1-5-13(4)19-16(17)18-10-14-7-6-8-15(9-14)11-20-12(2)3;/h6-9,12-13H,5,10-11H2,1-4H3,(H3,17,18,19);1H. The summed E-state index contributed by atoms with van der Waals surface area (Å²) < 4.78 is 5.60. The molecular formula is C16H28IN3O. The minimum atomic E-state index is 0. The highest BCUT2D eigenvalue weighted by Crippen LogP contribution is 2.09. The van der Waals surface area contributed by atoms with E-state index in [4.69, 9.17) is 10.5 Å². The van der Waals surface area contributed by atoms with Crippen LogP contribution in [0.5, 0.6) is 0 Å². The Morgan fingerprint density at radius 3 is 2.57 bits per heavy atom. The van der Waals surface area contributed by atoms with Crippen molar-refractivity contribution in [1.82, 2.24) is 5.32 Å².